The van der Waals surface area contributed by atoms with Gasteiger partial charge in [-0.15, -0.1) is 0 Å². The third kappa shape index (κ3) is 3.61. The Morgan fingerprint density at radius 3 is 2.81 bits per heavy atom. The maximum Gasteiger partial charge on any atom is 0.226 e. The molecule has 0 unspecified atom stereocenters. The highest BCUT2D eigenvalue weighted by Gasteiger charge is 2.16. The third-order valence-electron chi connectivity index (χ3n) is 4.28. The van der Waals surface area contributed by atoms with Crippen LogP contribution < -0.4 is 10.6 Å². The Bertz CT molecular complexity index is 887. The van der Waals surface area contributed by atoms with Crippen molar-refractivity contribution in [3.8, 4) is 0 Å². The highest BCUT2D eigenvalue weighted by atomic mass is 16.6. The van der Waals surface area contributed by atoms with E-state index in [1.165, 1.54) is 5.56 Å². The molecule has 0 bridgehead atoms. The summed E-state index contributed by atoms with van der Waals surface area (Å²) in [6.45, 7) is 4.50. The second kappa shape index (κ2) is 7.27. The Hall–Kier alpha value is -2.71. The number of fused-ring (bicyclic) bond motifs is 1. The lowest BCUT2D eigenvalue weighted by Crippen LogP contribution is -2.34. The van der Waals surface area contributed by atoms with E-state index in [1.54, 1.807) is 10.9 Å². The number of nitrogens with one attached hydrogen (secondary N) is 2. The standard InChI is InChI=1S/C18H22N6O2/c1-12-3-5-13(6-4-12)21-16-15-10-20-24(2)17(15)23-18(22-16)19-9-14-11-25-7-8-26-14/h3-6,10,14H,7-9,11H2,1-2H3,(H2,19,21,22,23)/t14-/m0/s1. The molecule has 26 heavy (non-hydrogen) atoms. The molecule has 2 aromatic heterocycles. The van der Waals surface area contributed by atoms with Gasteiger partial charge < -0.3 is 20.1 Å². The van der Waals surface area contributed by atoms with E-state index in [9.17, 15) is 0 Å². The average molecular weight is 354 g/mol. The highest BCUT2D eigenvalue weighted by molar-refractivity contribution is 5.89. The number of hydrogen-bond donors (Lipinski definition) is 2. The predicted octanol–water partition coefficient (Wildman–Crippen LogP) is 2.24. The van der Waals surface area contributed by atoms with E-state index in [4.69, 9.17) is 9.47 Å². The molecule has 0 aliphatic carbocycles. The largest absolute Gasteiger partial charge is 0.376 e. The van der Waals surface area contributed by atoms with Gasteiger partial charge in [0, 0.05) is 19.3 Å². The zero-order valence-corrected chi connectivity index (χ0v) is 14.9. The monoisotopic (exact) mass is 354 g/mol. The van der Waals surface area contributed by atoms with Crippen molar-refractivity contribution in [2.24, 2.45) is 7.05 Å². The van der Waals surface area contributed by atoms with Crippen LogP contribution in [0.15, 0.2) is 30.5 Å². The molecule has 1 aliphatic heterocycles. The number of hydrogen-bond acceptors (Lipinski definition) is 7. The second-order valence-corrected chi connectivity index (χ2v) is 6.34. The van der Waals surface area contributed by atoms with Crippen molar-refractivity contribution in [3.63, 3.8) is 0 Å². The van der Waals surface area contributed by atoms with E-state index >= 15 is 0 Å². The highest BCUT2D eigenvalue weighted by Crippen LogP contribution is 2.25. The van der Waals surface area contributed by atoms with Crippen LogP contribution in [-0.4, -0.2) is 52.2 Å². The Morgan fingerprint density at radius 1 is 1.19 bits per heavy atom. The molecule has 1 aromatic carbocycles. The lowest BCUT2D eigenvalue weighted by Gasteiger charge is -2.23. The molecule has 2 N–H and O–H groups in total. The molecule has 136 valence electrons. The molecule has 0 amide bonds. The number of aromatic nitrogens is 4. The van der Waals surface area contributed by atoms with E-state index in [2.05, 4.69) is 44.8 Å². The molecule has 8 nitrogen and oxygen atoms in total. The molecule has 3 aromatic rings. The van der Waals surface area contributed by atoms with E-state index in [1.807, 2.05) is 19.2 Å². The maximum atomic E-state index is 5.66. The van der Waals surface area contributed by atoms with Crippen molar-refractivity contribution in [1.29, 1.82) is 0 Å². The normalized spacial score (nSPS) is 17.4. The van der Waals surface area contributed by atoms with Crippen molar-refractivity contribution >= 4 is 28.5 Å². The van der Waals surface area contributed by atoms with Crippen LogP contribution in [0.25, 0.3) is 11.0 Å². The quantitative estimate of drug-likeness (QED) is 0.727. The Morgan fingerprint density at radius 2 is 2.04 bits per heavy atom. The molecule has 3 heterocycles. The van der Waals surface area contributed by atoms with Crippen molar-refractivity contribution in [2.45, 2.75) is 13.0 Å². The molecule has 1 aliphatic rings. The number of nitrogens with zero attached hydrogens (tertiary/aromatic N) is 4. The van der Waals surface area contributed by atoms with E-state index in [0.717, 1.165) is 22.5 Å². The third-order valence-corrected chi connectivity index (χ3v) is 4.28. The van der Waals surface area contributed by atoms with Gasteiger partial charge in [0.25, 0.3) is 0 Å². The van der Waals surface area contributed by atoms with E-state index < -0.39 is 0 Å². The molecule has 1 fully saturated rings. The summed E-state index contributed by atoms with van der Waals surface area (Å²) >= 11 is 0. The van der Waals surface area contributed by atoms with Gasteiger partial charge in [0.05, 0.1) is 37.5 Å². The van der Waals surface area contributed by atoms with Gasteiger partial charge in [0.15, 0.2) is 5.65 Å². The minimum absolute atomic E-state index is 0.00286. The topological polar surface area (TPSA) is 86.1 Å². The number of rotatable bonds is 5. The summed E-state index contributed by atoms with van der Waals surface area (Å²) < 4.78 is 12.8. The molecule has 1 saturated heterocycles. The van der Waals surface area contributed by atoms with Gasteiger partial charge in [0.1, 0.15) is 5.82 Å². The van der Waals surface area contributed by atoms with Gasteiger partial charge in [-0.05, 0) is 19.1 Å². The number of benzene rings is 1. The molecule has 1 atom stereocenters. The van der Waals surface area contributed by atoms with E-state index in [0.29, 0.717) is 32.3 Å². The van der Waals surface area contributed by atoms with Gasteiger partial charge in [-0.3, -0.25) is 4.68 Å². The van der Waals surface area contributed by atoms with Gasteiger partial charge >= 0.3 is 0 Å². The zero-order valence-electron chi connectivity index (χ0n) is 14.9. The van der Waals surface area contributed by atoms with Crippen molar-refractivity contribution in [3.05, 3.63) is 36.0 Å². The molecular formula is C18H22N6O2. The Kier molecular flexibility index (Phi) is 4.68. The van der Waals surface area contributed by atoms with Crippen LogP contribution in [0.5, 0.6) is 0 Å². The predicted molar refractivity (Wildman–Crippen MR) is 99.8 cm³/mol. The maximum absolute atomic E-state index is 5.66. The number of anilines is 3. The fraction of sp³-hybridized carbons (Fsp3) is 0.389. The SMILES string of the molecule is Cc1ccc(Nc2nc(NC[C@H]3COCCO3)nc3c2cnn3C)cc1. The summed E-state index contributed by atoms with van der Waals surface area (Å²) in [6, 6.07) is 8.17. The molecule has 0 saturated carbocycles. The summed E-state index contributed by atoms with van der Waals surface area (Å²) in [7, 11) is 1.87. The minimum atomic E-state index is 0.00286. The van der Waals surface area contributed by atoms with Gasteiger partial charge in [-0.1, -0.05) is 17.7 Å². The van der Waals surface area contributed by atoms with Gasteiger partial charge in [0.2, 0.25) is 5.95 Å². The van der Waals surface area contributed by atoms with Crippen LogP contribution in [0.3, 0.4) is 0 Å². The lowest BCUT2D eigenvalue weighted by atomic mass is 10.2. The number of aryl methyl sites for hydroxylation is 2. The molecule has 4 rings (SSSR count). The van der Waals surface area contributed by atoms with Crippen LogP contribution in [0, 0.1) is 6.92 Å². The van der Waals surface area contributed by atoms with Gasteiger partial charge in [-0.2, -0.15) is 15.1 Å². The first-order chi connectivity index (χ1) is 12.7. The first kappa shape index (κ1) is 16.7. The summed E-state index contributed by atoms with van der Waals surface area (Å²) in [5.41, 5.74) is 2.94. The minimum Gasteiger partial charge on any atom is -0.376 e. The molecular weight excluding hydrogens is 332 g/mol. The lowest BCUT2D eigenvalue weighted by molar-refractivity contribution is -0.0819. The first-order valence-electron chi connectivity index (χ1n) is 8.66. The Labute approximate surface area is 151 Å². The summed E-state index contributed by atoms with van der Waals surface area (Å²) in [5, 5.41) is 11.8. The fourth-order valence-electron chi connectivity index (χ4n) is 2.83. The molecule has 8 heteroatoms. The van der Waals surface area contributed by atoms with Crippen LogP contribution >= 0.6 is 0 Å². The van der Waals surface area contributed by atoms with Crippen molar-refractivity contribution < 1.29 is 9.47 Å². The second-order valence-electron chi connectivity index (χ2n) is 6.34. The van der Waals surface area contributed by atoms with Crippen LogP contribution in [0.1, 0.15) is 5.56 Å². The van der Waals surface area contributed by atoms with Crippen LogP contribution in [-0.2, 0) is 16.5 Å². The average Bonchev–Trinajstić information content (AvgIpc) is 3.04. The number of ether oxygens (including phenoxy) is 2. The van der Waals surface area contributed by atoms with Crippen LogP contribution in [0.4, 0.5) is 17.5 Å². The molecule has 0 radical (unpaired) electrons. The van der Waals surface area contributed by atoms with Gasteiger partial charge in [-0.25, -0.2) is 0 Å². The Balaban J connectivity index is 1.59. The van der Waals surface area contributed by atoms with E-state index in [-0.39, 0.29) is 6.10 Å². The summed E-state index contributed by atoms with van der Waals surface area (Å²) in [5.74, 6) is 1.25. The van der Waals surface area contributed by atoms with Crippen molar-refractivity contribution in [1.82, 2.24) is 19.7 Å². The van der Waals surface area contributed by atoms with Crippen LogP contribution in [0.2, 0.25) is 0 Å². The smallest absolute Gasteiger partial charge is 0.226 e. The van der Waals surface area contributed by atoms with Crippen molar-refractivity contribution in [2.75, 3.05) is 37.0 Å². The molecule has 0 spiro atoms. The zero-order chi connectivity index (χ0) is 17.9. The summed E-state index contributed by atoms with van der Waals surface area (Å²) in [4.78, 5) is 9.21. The first-order valence-corrected chi connectivity index (χ1v) is 8.66. The fourth-order valence-corrected chi connectivity index (χ4v) is 2.83. The summed E-state index contributed by atoms with van der Waals surface area (Å²) in [6.07, 6.45) is 1.77.